The van der Waals surface area contributed by atoms with E-state index in [2.05, 4.69) is 49.8 Å². The van der Waals surface area contributed by atoms with Gasteiger partial charge in [0.2, 0.25) is 11.9 Å². The number of sulfonamides is 2. The van der Waals surface area contributed by atoms with Gasteiger partial charge >= 0.3 is 108 Å². The summed E-state index contributed by atoms with van der Waals surface area (Å²) in [6.07, 6.45) is 15.5. The van der Waals surface area contributed by atoms with E-state index >= 15 is 0 Å². The Bertz CT molecular complexity index is 4130. The molecule has 0 spiro atoms. The van der Waals surface area contributed by atoms with E-state index in [0.29, 0.717) is 101 Å². The molecule has 2 aromatic carbocycles. The fourth-order valence-electron chi connectivity index (χ4n) is 9.62. The van der Waals surface area contributed by atoms with Gasteiger partial charge in [0.1, 0.15) is 46.8 Å². The Morgan fingerprint density at radius 3 is 1.46 bits per heavy atom. The van der Waals surface area contributed by atoms with Crippen LogP contribution in [-0.4, -0.2) is 156 Å². The molecule has 0 aliphatic carbocycles. The minimum Gasteiger partial charge on any atom is -0.870 e. The van der Waals surface area contributed by atoms with Crippen LogP contribution in [0, 0.1) is 0 Å². The number of phosphoric acid groups is 2. The molecule has 2 saturated heterocycles. The number of oxazole rings is 2. The summed E-state index contributed by atoms with van der Waals surface area (Å²) in [5, 5.41) is 14.7. The summed E-state index contributed by atoms with van der Waals surface area (Å²) >= 11 is 0. The van der Waals surface area contributed by atoms with E-state index in [-0.39, 0.29) is 135 Å². The van der Waals surface area contributed by atoms with Gasteiger partial charge in [0, 0.05) is 101 Å². The molecule has 0 bridgehead atoms. The third-order valence-corrected chi connectivity index (χ3v) is 17.8. The van der Waals surface area contributed by atoms with Gasteiger partial charge in [-0.3, -0.25) is 27.3 Å². The molecule has 0 amide bonds. The molecule has 1 unspecified atom stereocenters. The monoisotopic (exact) mass is 1350 g/mol. The van der Waals surface area contributed by atoms with Crippen LogP contribution in [0.25, 0.3) is 57.0 Å². The summed E-state index contributed by atoms with van der Waals surface area (Å²) in [5.74, 6) is 1.82. The van der Waals surface area contributed by atoms with Gasteiger partial charge in [-0.1, -0.05) is 24.3 Å². The maximum absolute atomic E-state index is 13.1. The smallest absolute Gasteiger partial charge is 0.870 e. The molecule has 12 rings (SSSR count). The molecule has 10 aromatic rings. The van der Waals surface area contributed by atoms with Crippen LogP contribution in [0.2, 0.25) is 0 Å². The summed E-state index contributed by atoms with van der Waals surface area (Å²) in [5.41, 5.74) is 4.46. The SMILES string of the molecule is Cn1ccc(S(=O)(=O)N2CCC[C@@H](Nc3nccc(-c4c(-c5cccc(OCOP(=O)(O)O)c5)nc5occn45)n3)C2)n1.Cn1ccc(S(=O)(=O)N2CCC[C@@H](Nc3nccc(-c4c(-c5cccc(OCOP(=O)([O-])O)c5)nc5occn45)n3)C2)n1.[Na+].[Na+].[Na+].[OH-]. The van der Waals surface area contributed by atoms with Gasteiger partial charge in [0.25, 0.3) is 27.9 Å². The first-order valence-electron chi connectivity index (χ1n) is 26.1. The second-order valence-corrected chi connectivity index (χ2v) is 25.6. The van der Waals surface area contributed by atoms with Crippen molar-refractivity contribution in [1.29, 1.82) is 0 Å². The average Bonchev–Trinajstić information content (AvgIpc) is 1.71. The molecule has 0 radical (unpaired) electrons. The average molecular weight is 1350 g/mol. The van der Waals surface area contributed by atoms with Gasteiger partial charge in [-0.2, -0.15) is 28.8 Å². The van der Waals surface area contributed by atoms with Gasteiger partial charge < -0.3 is 54.0 Å². The molecule has 3 atom stereocenters. The van der Waals surface area contributed by atoms with E-state index in [0.717, 1.165) is 12.8 Å². The summed E-state index contributed by atoms with van der Waals surface area (Å²) in [7, 11) is -13.8. The van der Waals surface area contributed by atoms with Crippen molar-refractivity contribution < 1.29 is 167 Å². The predicted octanol–water partition coefficient (Wildman–Crippen LogP) is -4.81. The first-order valence-corrected chi connectivity index (χ1v) is 32.0. The number of ether oxygens (including phenoxy) is 2. The second-order valence-electron chi connectivity index (χ2n) is 19.4. The van der Waals surface area contributed by atoms with Crippen molar-refractivity contribution in [1.82, 2.24) is 66.9 Å². The molecule has 10 heterocycles. The molecule has 6 N–H and O–H groups in total. The van der Waals surface area contributed by atoms with E-state index in [1.54, 1.807) is 121 Å². The molecule has 2 aliphatic heterocycles. The summed E-state index contributed by atoms with van der Waals surface area (Å²) in [6, 6.07) is 19.4. The predicted molar refractivity (Wildman–Crippen MR) is 302 cm³/mol. The Morgan fingerprint density at radius 2 is 1.06 bits per heavy atom. The van der Waals surface area contributed by atoms with Gasteiger partial charge in [0.05, 0.1) is 11.4 Å². The number of aryl methyl sites for hydroxylation is 2. The number of rotatable bonds is 20. The zero-order chi connectivity index (χ0) is 60.4. The maximum atomic E-state index is 13.1. The Morgan fingerprint density at radius 1 is 0.622 bits per heavy atom. The number of phosphoric ester groups is 2. The molecule has 90 heavy (non-hydrogen) atoms. The largest absolute Gasteiger partial charge is 1.00 e. The van der Waals surface area contributed by atoms with Crippen molar-refractivity contribution >= 4 is 59.3 Å². The van der Waals surface area contributed by atoms with Crippen LogP contribution in [0.4, 0.5) is 11.9 Å². The van der Waals surface area contributed by atoms with Crippen molar-refractivity contribution in [3.63, 3.8) is 0 Å². The third-order valence-electron chi connectivity index (χ3n) is 13.4. The van der Waals surface area contributed by atoms with Crippen LogP contribution in [0.3, 0.4) is 0 Å². The number of hydrogen-bond acceptors (Lipinski definition) is 24. The number of nitrogens with one attached hydrogen (secondary N) is 2. The zero-order valence-corrected chi connectivity index (χ0v) is 58.3. The van der Waals surface area contributed by atoms with Gasteiger partial charge in [-0.05, 0) is 74.2 Å². The third kappa shape index (κ3) is 17.3. The van der Waals surface area contributed by atoms with E-state index in [9.17, 15) is 30.9 Å². The van der Waals surface area contributed by atoms with E-state index in [4.69, 9.17) is 43.0 Å². The van der Waals surface area contributed by atoms with Gasteiger partial charge in [-0.15, -0.1) is 0 Å². The molecule has 0 saturated carbocycles. The van der Waals surface area contributed by atoms with Crippen LogP contribution in [0.1, 0.15) is 25.7 Å². The van der Waals surface area contributed by atoms with E-state index in [1.165, 1.54) is 42.6 Å². The minimum absolute atomic E-state index is 0. The fourth-order valence-corrected chi connectivity index (χ4v) is 12.9. The number of anilines is 2. The molecule has 2 fully saturated rings. The molecular formula is C50H54N16Na3O17P2S2+. The molecule has 40 heteroatoms. The van der Waals surface area contributed by atoms with Crippen LogP contribution in [0.15, 0.2) is 141 Å². The maximum Gasteiger partial charge on any atom is 1.00 e. The zero-order valence-electron chi connectivity index (χ0n) is 48.8. The quantitative estimate of drug-likeness (QED) is 0.0272. The van der Waals surface area contributed by atoms with E-state index < -0.39 is 49.3 Å². The topological polar surface area (TPSA) is 432 Å². The Kier molecular flexibility index (Phi) is 24.6. The van der Waals surface area contributed by atoms with Crippen molar-refractivity contribution in [2.24, 2.45) is 14.1 Å². The Balaban J connectivity index is 0.000000245. The number of imidazole rings is 2. The Labute approximate surface area is 579 Å². The first-order chi connectivity index (χ1) is 41.1. The summed E-state index contributed by atoms with van der Waals surface area (Å²) in [6.45, 7) is -0.110. The van der Waals surface area contributed by atoms with Crippen LogP contribution < -0.4 is 114 Å². The number of fused-ring (bicyclic) bond motifs is 2. The number of aromatic nitrogens is 12. The van der Waals surface area contributed by atoms with Crippen LogP contribution in [0.5, 0.6) is 11.5 Å². The fraction of sp³-hybridized carbons (Fsp3) is 0.280. The molecule has 2 aliphatic rings. The Hall–Kier alpha value is -5.28. The minimum atomic E-state index is -4.93. The molecule has 33 nitrogen and oxygen atoms in total. The van der Waals surface area contributed by atoms with E-state index in [1.807, 2.05) is 0 Å². The normalized spacial score (nSPS) is 16.3. The summed E-state index contributed by atoms with van der Waals surface area (Å²) < 4.78 is 114. The molecule has 8 aromatic heterocycles. The molecule has 460 valence electrons. The van der Waals surface area contributed by atoms with Crippen LogP contribution in [-0.2, 0) is 52.3 Å². The number of hydrogen-bond donors (Lipinski definition) is 5. The first kappa shape index (κ1) is 72.2. The standard InChI is InChI=1S/2C25H27N8O8PS.3Na.H2O/c2*1-31-11-8-21(30-31)43(37,38)32-10-3-5-18(15-32)27-24-26-9-7-20(28-24)23-22(29-25-33(23)12-13-39-25)17-4-2-6-19(14-17)40-16-41-42(34,35)36;;;;/h2*2,4,6-9,11-14,18H,3,5,10,15-16H2,1H3,(H,26,27,28)(H2,34,35,36);;;;1H2/q;;3*+1;/p-2/t2*18-;;;;/m11..../s1. The van der Waals surface area contributed by atoms with Gasteiger partial charge in [-0.25, -0.2) is 45.9 Å². The number of benzene rings is 2. The second kappa shape index (κ2) is 30.6. The van der Waals surface area contributed by atoms with Crippen LogP contribution >= 0.6 is 15.6 Å². The number of nitrogens with zero attached hydrogens (tertiary/aromatic N) is 14. The number of piperidine rings is 2. The van der Waals surface area contributed by atoms with Crippen molar-refractivity contribution in [2.45, 2.75) is 47.8 Å². The van der Waals surface area contributed by atoms with Crippen molar-refractivity contribution in [3.8, 4) is 56.8 Å². The molecular weight excluding hydrogens is 1290 g/mol. The van der Waals surface area contributed by atoms with Gasteiger partial charge in [0.15, 0.2) is 23.6 Å². The van der Waals surface area contributed by atoms with Crippen molar-refractivity contribution in [3.05, 3.63) is 123 Å². The summed E-state index contributed by atoms with van der Waals surface area (Å²) in [4.78, 5) is 64.9. The van der Waals surface area contributed by atoms with Crippen molar-refractivity contribution in [2.75, 3.05) is 50.4 Å².